The topological polar surface area (TPSA) is 64.4 Å². The molecule has 0 saturated heterocycles. The number of nitrogens with zero attached hydrogens (tertiary/aromatic N) is 1. The Kier molecular flexibility index (Phi) is 6.44. The summed E-state index contributed by atoms with van der Waals surface area (Å²) in [6.07, 6.45) is 3.51. The molecule has 1 fully saturated rings. The van der Waals surface area contributed by atoms with Crippen LogP contribution in [0.3, 0.4) is 0 Å². The number of carbonyl (C=O) groups is 1. The summed E-state index contributed by atoms with van der Waals surface area (Å²) in [5.41, 5.74) is 0.998. The minimum Gasteiger partial charge on any atom is -0.444 e. The molecule has 3 rings (SSSR count). The third-order valence-corrected chi connectivity index (χ3v) is 6.66. The molecule has 29 heavy (non-hydrogen) atoms. The zero-order valence-electron chi connectivity index (χ0n) is 18.1. The molecular weight excluding hydrogens is 408 g/mol. The van der Waals surface area contributed by atoms with Gasteiger partial charge in [-0.15, -0.1) is 11.8 Å². The van der Waals surface area contributed by atoms with Gasteiger partial charge in [0.1, 0.15) is 11.1 Å². The van der Waals surface area contributed by atoms with Gasteiger partial charge in [-0.3, -0.25) is 0 Å². The number of alkyl carbamates (subject to hydrolysis) is 1. The second kappa shape index (κ2) is 8.38. The molecule has 1 N–H and O–H groups in total. The van der Waals surface area contributed by atoms with Crippen molar-refractivity contribution in [3.63, 3.8) is 0 Å². The fourth-order valence-electron chi connectivity index (χ4n) is 3.34. The van der Waals surface area contributed by atoms with Crippen molar-refractivity contribution < 1.29 is 13.9 Å². The number of amides is 1. The first-order valence-electron chi connectivity index (χ1n) is 10.2. The number of oxazole rings is 1. The summed E-state index contributed by atoms with van der Waals surface area (Å²) in [4.78, 5) is 17.6. The number of halogens is 1. The average Bonchev–Trinajstić information content (AvgIpc) is 3.02. The van der Waals surface area contributed by atoms with Crippen molar-refractivity contribution in [1.82, 2.24) is 10.3 Å². The Morgan fingerprint density at radius 1 is 1.17 bits per heavy atom. The lowest BCUT2D eigenvalue weighted by molar-refractivity contribution is 0.0493. The highest BCUT2D eigenvalue weighted by atomic mass is 35.5. The normalized spacial score (nSPS) is 20.7. The van der Waals surface area contributed by atoms with Gasteiger partial charge in [0, 0.05) is 16.7 Å². The van der Waals surface area contributed by atoms with Gasteiger partial charge in [-0.25, -0.2) is 9.78 Å². The van der Waals surface area contributed by atoms with E-state index in [9.17, 15) is 4.79 Å². The highest BCUT2D eigenvalue weighted by Crippen LogP contribution is 2.42. The van der Waals surface area contributed by atoms with Crippen molar-refractivity contribution in [2.24, 2.45) is 0 Å². The first kappa shape index (κ1) is 22.3. The summed E-state index contributed by atoms with van der Waals surface area (Å²) >= 11 is 8.29. The summed E-state index contributed by atoms with van der Waals surface area (Å²) < 4.78 is 11.5. The summed E-state index contributed by atoms with van der Waals surface area (Å²) in [5, 5.41) is 4.13. The number of aromatic nitrogens is 1. The lowest BCUT2D eigenvalue weighted by Crippen LogP contribution is -2.41. The van der Waals surface area contributed by atoms with Crippen LogP contribution in [0.2, 0.25) is 5.02 Å². The highest BCUT2D eigenvalue weighted by Gasteiger charge is 2.28. The first-order chi connectivity index (χ1) is 13.4. The van der Waals surface area contributed by atoms with Crippen LogP contribution in [-0.4, -0.2) is 28.0 Å². The summed E-state index contributed by atoms with van der Waals surface area (Å²) in [7, 11) is 0. The van der Waals surface area contributed by atoms with Crippen LogP contribution in [-0.2, 0) is 10.2 Å². The van der Waals surface area contributed by atoms with Gasteiger partial charge < -0.3 is 14.5 Å². The van der Waals surface area contributed by atoms with Crippen molar-refractivity contribution in [1.29, 1.82) is 0 Å². The number of nitrogens with one attached hydrogen (secondary N) is 1. The fourth-order valence-corrected chi connectivity index (χ4v) is 4.90. The predicted octanol–water partition coefficient (Wildman–Crippen LogP) is 6.71. The standard InChI is InChI=1S/C22H31ClN2O3S/c1-21(2,3)19-25-16-12-11-15(23)18(17(16)27-19)29-14-9-7-13(8-10-14)24-20(26)28-22(4,5)6/h11-14H,7-10H2,1-6H3,(H,24,26)/t13-,14+. The van der Waals surface area contributed by atoms with E-state index in [2.05, 4.69) is 31.1 Å². The molecule has 1 aromatic heterocycles. The summed E-state index contributed by atoms with van der Waals surface area (Å²) in [6.45, 7) is 11.9. The maximum atomic E-state index is 12.0. The lowest BCUT2D eigenvalue weighted by atomic mass is 9.95. The Labute approximate surface area is 182 Å². The monoisotopic (exact) mass is 438 g/mol. The minimum absolute atomic E-state index is 0.154. The summed E-state index contributed by atoms with van der Waals surface area (Å²) in [6, 6.07) is 3.98. The maximum Gasteiger partial charge on any atom is 0.407 e. The van der Waals surface area contributed by atoms with Gasteiger partial charge in [-0.05, 0) is 58.6 Å². The SMILES string of the molecule is CC(C)(C)OC(=O)N[C@H]1CC[C@@H](Sc2c(Cl)ccc3nc(C(C)(C)C)oc23)CC1. The molecule has 1 amide bonds. The van der Waals surface area contributed by atoms with E-state index in [1.807, 2.05) is 32.9 Å². The van der Waals surface area contributed by atoms with Gasteiger partial charge in [0.25, 0.3) is 0 Å². The molecule has 1 heterocycles. The predicted molar refractivity (Wildman–Crippen MR) is 119 cm³/mol. The van der Waals surface area contributed by atoms with Crippen molar-refractivity contribution in [3.05, 3.63) is 23.0 Å². The van der Waals surface area contributed by atoms with Gasteiger partial charge >= 0.3 is 6.09 Å². The smallest absolute Gasteiger partial charge is 0.407 e. The number of carbonyl (C=O) groups excluding carboxylic acids is 1. The fraction of sp³-hybridized carbons (Fsp3) is 0.636. The number of fused-ring (bicyclic) bond motifs is 1. The summed E-state index contributed by atoms with van der Waals surface area (Å²) in [5.74, 6) is 0.724. The molecule has 1 aliphatic rings. The van der Waals surface area contributed by atoms with Gasteiger partial charge in [0.05, 0.1) is 9.92 Å². The zero-order chi connectivity index (χ0) is 21.4. The number of benzene rings is 1. The van der Waals surface area contributed by atoms with E-state index >= 15 is 0 Å². The molecule has 0 aliphatic heterocycles. The molecule has 1 saturated carbocycles. The van der Waals surface area contributed by atoms with Crippen LogP contribution in [0.4, 0.5) is 4.79 Å². The molecule has 7 heteroatoms. The van der Waals surface area contributed by atoms with E-state index < -0.39 is 5.60 Å². The number of ether oxygens (including phenoxy) is 1. The molecular formula is C22H31ClN2O3S. The molecule has 2 aromatic rings. The Morgan fingerprint density at radius 2 is 1.83 bits per heavy atom. The van der Waals surface area contributed by atoms with Crippen LogP contribution < -0.4 is 5.32 Å². The van der Waals surface area contributed by atoms with Crippen LogP contribution in [0.5, 0.6) is 0 Å². The van der Waals surface area contributed by atoms with E-state index in [1.165, 1.54) is 0 Å². The third kappa shape index (κ3) is 5.82. The second-order valence-corrected chi connectivity index (χ2v) is 11.4. The van der Waals surface area contributed by atoms with E-state index in [1.54, 1.807) is 11.8 Å². The molecule has 1 aliphatic carbocycles. The molecule has 0 radical (unpaired) electrons. The van der Waals surface area contributed by atoms with Crippen LogP contribution >= 0.6 is 23.4 Å². The van der Waals surface area contributed by atoms with Gasteiger partial charge in [0.2, 0.25) is 5.89 Å². The van der Waals surface area contributed by atoms with Crippen LogP contribution in [0, 0.1) is 0 Å². The zero-order valence-corrected chi connectivity index (χ0v) is 19.7. The van der Waals surface area contributed by atoms with Gasteiger partial charge in [-0.1, -0.05) is 32.4 Å². The lowest BCUT2D eigenvalue weighted by Gasteiger charge is -2.29. The quantitative estimate of drug-likeness (QED) is 0.577. The van der Waals surface area contributed by atoms with Crippen molar-refractivity contribution >= 4 is 40.6 Å². The van der Waals surface area contributed by atoms with Gasteiger partial charge in [0.15, 0.2) is 5.58 Å². The number of rotatable bonds is 3. The van der Waals surface area contributed by atoms with E-state index in [4.69, 9.17) is 20.8 Å². The Balaban J connectivity index is 1.65. The molecule has 0 unspecified atom stereocenters. The average molecular weight is 439 g/mol. The van der Waals surface area contributed by atoms with Crippen molar-refractivity contribution in [2.75, 3.05) is 0 Å². The number of hydrogen-bond acceptors (Lipinski definition) is 5. The van der Waals surface area contributed by atoms with Crippen LogP contribution in [0.15, 0.2) is 21.4 Å². The molecule has 160 valence electrons. The van der Waals surface area contributed by atoms with E-state index in [0.717, 1.165) is 47.6 Å². The molecule has 5 nitrogen and oxygen atoms in total. The number of hydrogen-bond donors (Lipinski definition) is 1. The third-order valence-electron chi connectivity index (χ3n) is 4.79. The molecule has 0 bridgehead atoms. The minimum atomic E-state index is -0.477. The highest BCUT2D eigenvalue weighted by molar-refractivity contribution is 8.00. The molecule has 0 atom stereocenters. The molecule has 1 aromatic carbocycles. The maximum absolute atomic E-state index is 12.0. The van der Waals surface area contributed by atoms with Crippen LogP contribution in [0.1, 0.15) is 73.1 Å². The van der Waals surface area contributed by atoms with Crippen molar-refractivity contribution in [3.8, 4) is 0 Å². The Morgan fingerprint density at radius 3 is 2.41 bits per heavy atom. The second-order valence-electron chi connectivity index (χ2n) is 9.73. The Bertz CT molecular complexity index is 875. The molecule has 0 spiro atoms. The van der Waals surface area contributed by atoms with Gasteiger partial charge in [-0.2, -0.15) is 0 Å². The van der Waals surface area contributed by atoms with E-state index in [0.29, 0.717) is 10.3 Å². The largest absolute Gasteiger partial charge is 0.444 e. The Hall–Kier alpha value is -1.40. The van der Waals surface area contributed by atoms with E-state index in [-0.39, 0.29) is 17.6 Å². The van der Waals surface area contributed by atoms with Crippen LogP contribution in [0.25, 0.3) is 11.1 Å². The van der Waals surface area contributed by atoms with Crippen molar-refractivity contribution in [2.45, 2.75) is 94.4 Å². The first-order valence-corrected chi connectivity index (χ1v) is 11.4. The number of thioether (sulfide) groups is 1.